The van der Waals surface area contributed by atoms with E-state index in [0.717, 1.165) is 24.3 Å². The predicted molar refractivity (Wildman–Crippen MR) is 120 cm³/mol. The topological polar surface area (TPSA) is 88.0 Å². The molecule has 6 nitrogen and oxygen atoms in total. The summed E-state index contributed by atoms with van der Waals surface area (Å²) in [6.07, 6.45) is 1.54. The van der Waals surface area contributed by atoms with Crippen molar-refractivity contribution < 1.29 is 28.3 Å². The minimum atomic E-state index is -1.20. The van der Waals surface area contributed by atoms with Gasteiger partial charge in [-0.2, -0.15) is 11.8 Å². The van der Waals surface area contributed by atoms with Gasteiger partial charge in [-0.15, -0.1) is 0 Å². The van der Waals surface area contributed by atoms with Crippen LogP contribution in [-0.2, 0) is 20.8 Å². The third-order valence-corrected chi connectivity index (χ3v) is 6.33. The molecule has 2 aromatic carbocycles. The minimum Gasteiger partial charge on any atom is -0.480 e. The largest absolute Gasteiger partial charge is 0.480 e. The Morgan fingerprint density at radius 1 is 1.16 bits per heavy atom. The number of thioether (sulfide) groups is 1. The minimum absolute atomic E-state index is 0.00187. The van der Waals surface area contributed by atoms with Crippen LogP contribution in [0.4, 0.5) is 8.78 Å². The summed E-state index contributed by atoms with van der Waals surface area (Å²) < 4.78 is 28.0. The van der Waals surface area contributed by atoms with Crippen molar-refractivity contribution in [1.29, 1.82) is 0 Å². The molecule has 0 radical (unpaired) electrons. The molecule has 0 aliphatic carbocycles. The Bertz CT molecular complexity index is 972. The Morgan fingerprint density at radius 2 is 1.78 bits per heavy atom. The van der Waals surface area contributed by atoms with E-state index in [4.69, 9.17) is 4.84 Å². The SMILES string of the molecule is CON=C(C(=O)N[C@@H](Cc1ccc(-c2c(F)cccc2F)cc1)C(=O)O)C1CCSCC1. The number of amides is 1. The first-order valence-electron chi connectivity index (χ1n) is 10.2. The van der Waals surface area contributed by atoms with Gasteiger partial charge in [0.15, 0.2) is 0 Å². The number of oxime groups is 1. The molecule has 3 rings (SSSR count). The molecule has 0 unspecified atom stereocenters. The van der Waals surface area contributed by atoms with Crippen molar-refractivity contribution in [3.8, 4) is 11.1 Å². The van der Waals surface area contributed by atoms with Crippen molar-refractivity contribution in [3.63, 3.8) is 0 Å². The first-order chi connectivity index (χ1) is 15.4. The molecule has 1 heterocycles. The molecule has 32 heavy (non-hydrogen) atoms. The van der Waals surface area contributed by atoms with E-state index >= 15 is 0 Å². The van der Waals surface area contributed by atoms with E-state index < -0.39 is 29.6 Å². The van der Waals surface area contributed by atoms with E-state index in [1.165, 1.54) is 37.4 Å². The van der Waals surface area contributed by atoms with Gasteiger partial charge in [0.25, 0.3) is 5.91 Å². The van der Waals surface area contributed by atoms with E-state index in [1.807, 2.05) is 0 Å². The number of benzene rings is 2. The third kappa shape index (κ3) is 5.85. The van der Waals surface area contributed by atoms with Gasteiger partial charge in [-0.25, -0.2) is 13.6 Å². The average molecular weight is 463 g/mol. The molecular weight excluding hydrogens is 438 g/mol. The number of halogens is 2. The van der Waals surface area contributed by atoms with Gasteiger partial charge in [-0.05, 0) is 47.6 Å². The van der Waals surface area contributed by atoms with Gasteiger partial charge >= 0.3 is 5.97 Å². The van der Waals surface area contributed by atoms with Crippen LogP contribution in [0.2, 0.25) is 0 Å². The van der Waals surface area contributed by atoms with E-state index in [1.54, 1.807) is 23.9 Å². The van der Waals surface area contributed by atoms with E-state index in [0.29, 0.717) is 11.1 Å². The second kappa shape index (κ2) is 11.1. The number of rotatable bonds is 8. The number of nitrogens with one attached hydrogen (secondary N) is 1. The first-order valence-corrected chi connectivity index (χ1v) is 11.3. The van der Waals surface area contributed by atoms with Crippen molar-refractivity contribution in [2.75, 3.05) is 18.6 Å². The van der Waals surface area contributed by atoms with Crippen LogP contribution in [0.5, 0.6) is 0 Å². The predicted octanol–water partition coefficient (Wildman–Crippen LogP) is 3.89. The molecule has 2 N–H and O–H groups in total. The fourth-order valence-electron chi connectivity index (χ4n) is 3.62. The van der Waals surface area contributed by atoms with Crippen LogP contribution in [0.1, 0.15) is 18.4 Å². The Kier molecular flexibility index (Phi) is 8.21. The highest BCUT2D eigenvalue weighted by molar-refractivity contribution is 7.99. The first kappa shape index (κ1) is 23.7. The molecule has 0 bridgehead atoms. The zero-order valence-corrected chi connectivity index (χ0v) is 18.3. The molecule has 0 spiro atoms. The van der Waals surface area contributed by atoms with Gasteiger partial charge in [0.1, 0.15) is 30.5 Å². The third-order valence-electron chi connectivity index (χ3n) is 5.28. The maximum Gasteiger partial charge on any atom is 0.326 e. The van der Waals surface area contributed by atoms with Crippen LogP contribution in [0.3, 0.4) is 0 Å². The summed E-state index contributed by atoms with van der Waals surface area (Å²) in [5.41, 5.74) is 0.986. The lowest BCUT2D eigenvalue weighted by Gasteiger charge is -2.23. The second-order valence-corrected chi connectivity index (χ2v) is 8.63. The Balaban J connectivity index is 1.73. The number of carbonyl (C=O) groups is 2. The summed E-state index contributed by atoms with van der Waals surface area (Å²) in [6, 6.07) is 8.66. The Hall–Kier alpha value is -2.94. The lowest BCUT2D eigenvalue weighted by Crippen LogP contribution is -2.47. The molecule has 1 atom stereocenters. The lowest BCUT2D eigenvalue weighted by atomic mass is 9.95. The molecule has 170 valence electrons. The molecule has 0 aromatic heterocycles. The van der Waals surface area contributed by atoms with Crippen molar-refractivity contribution in [2.24, 2.45) is 11.1 Å². The summed E-state index contributed by atoms with van der Waals surface area (Å²) in [6.45, 7) is 0. The molecule has 1 aliphatic heterocycles. The zero-order chi connectivity index (χ0) is 23.1. The monoisotopic (exact) mass is 462 g/mol. The quantitative estimate of drug-likeness (QED) is 0.459. The van der Waals surface area contributed by atoms with Crippen LogP contribution in [0.25, 0.3) is 11.1 Å². The van der Waals surface area contributed by atoms with Crippen LogP contribution < -0.4 is 5.32 Å². The van der Waals surface area contributed by atoms with E-state index in [-0.39, 0.29) is 23.6 Å². The average Bonchev–Trinajstić information content (AvgIpc) is 2.78. The highest BCUT2D eigenvalue weighted by Crippen LogP contribution is 2.27. The smallest absolute Gasteiger partial charge is 0.326 e. The summed E-state index contributed by atoms with van der Waals surface area (Å²) in [5, 5.41) is 16.0. The highest BCUT2D eigenvalue weighted by atomic mass is 32.2. The Morgan fingerprint density at radius 3 is 2.34 bits per heavy atom. The summed E-state index contributed by atoms with van der Waals surface area (Å²) >= 11 is 1.80. The molecule has 1 saturated heterocycles. The maximum absolute atomic E-state index is 14.0. The van der Waals surface area contributed by atoms with Crippen LogP contribution in [-0.4, -0.2) is 47.4 Å². The standard InChI is InChI=1S/C23H24F2N2O4S/c1-31-27-21(16-9-11-32-12-10-16)22(28)26-19(23(29)30)13-14-5-7-15(8-6-14)20-17(24)3-2-4-18(20)25/h2-8,16,19H,9-13H2,1H3,(H,26,28)(H,29,30)/t19-/m0/s1. The summed E-state index contributed by atoms with van der Waals surface area (Å²) in [5.74, 6) is -1.41. The fourth-order valence-corrected chi connectivity index (χ4v) is 4.73. The molecule has 2 aromatic rings. The van der Waals surface area contributed by atoms with Crippen molar-refractivity contribution >= 4 is 29.4 Å². The highest BCUT2D eigenvalue weighted by Gasteiger charge is 2.29. The molecule has 9 heteroatoms. The number of carboxylic acids is 1. The fraction of sp³-hybridized carbons (Fsp3) is 0.348. The molecular formula is C23H24F2N2O4S. The van der Waals surface area contributed by atoms with Gasteiger partial charge in [0.2, 0.25) is 0 Å². The zero-order valence-electron chi connectivity index (χ0n) is 17.5. The molecule has 1 aliphatic rings. The Labute approximate surface area is 189 Å². The van der Waals surface area contributed by atoms with Crippen LogP contribution in [0.15, 0.2) is 47.6 Å². The number of aliphatic carboxylic acids is 1. The number of hydrogen-bond donors (Lipinski definition) is 2. The van der Waals surface area contributed by atoms with E-state index in [9.17, 15) is 23.5 Å². The number of nitrogens with zero attached hydrogens (tertiary/aromatic N) is 1. The molecule has 1 amide bonds. The maximum atomic E-state index is 14.0. The van der Waals surface area contributed by atoms with Gasteiger partial charge in [-0.3, -0.25) is 4.79 Å². The van der Waals surface area contributed by atoms with Crippen molar-refractivity contribution in [2.45, 2.75) is 25.3 Å². The van der Waals surface area contributed by atoms with Crippen LogP contribution >= 0.6 is 11.8 Å². The summed E-state index contributed by atoms with van der Waals surface area (Å²) in [7, 11) is 1.35. The lowest BCUT2D eigenvalue weighted by molar-refractivity contribution is -0.141. The van der Waals surface area contributed by atoms with E-state index in [2.05, 4.69) is 10.5 Å². The van der Waals surface area contributed by atoms with Gasteiger partial charge in [0, 0.05) is 12.3 Å². The molecule has 0 saturated carbocycles. The van der Waals surface area contributed by atoms with Crippen molar-refractivity contribution in [3.05, 3.63) is 59.7 Å². The van der Waals surface area contributed by atoms with Gasteiger partial charge in [-0.1, -0.05) is 35.5 Å². The molecule has 1 fully saturated rings. The number of hydrogen-bond acceptors (Lipinski definition) is 5. The number of carboxylic acid groups (broad SMARTS) is 1. The van der Waals surface area contributed by atoms with Crippen LogP contribution in [0, 0.1) is 17.6 Å². The van der Waals surface area contributed by atoms with Gasteiger partial charge in [0.05, 0.1) is 5.56 Å². The van der Waals surface area contributed by atoms with Crippen molar-refractivity contribution in [1.82, 2.24) is 5.32 Å². The van der Waals surface area contributed by atoms with Gasteiger partial charge < -0.3 is 15.3 Å². The number of carbonyl (C=O) groups excluding carboxylic acids is 1. The summed E-state index contributed by atoms with van der Waals surface area (Å²) in [4.78, 5) is 29.4. The second-order valence-electron chi connectivity index (χ2n) is 7.41. The normalized spacial score (nSPS) is 15.8.